The normalized spacial score (nSPS) is 16.7. The molecule has 88 valence electrons. The van der Waals surface area contributed by atoms with Crippen LogP contribution in [-0.2, 0) is 6.54 Å². The van der Waals surface area contributed by atoms with Crippen LogP contribution >= 0.6 is 0 Å². The molecule has 2 aromatic rings. The van der Waals surface area contributed by atoms with E-state index in [0.717, 1.165) is 28.8 Å². The molecule has 3 nitrogen and oxygen atoms in total. The van der Waals surface area contributed by atoms with Crippen LogP contribution in [0.4, 0.5) is 5.69 Å². The van der Waals surface area contributed by atoms with E-state index in [1.54, 1.807) is 0 Å². The second-order valence-corrected chi connectivity index (χ2v) is 4.74. The topological polar surface area (TPSA) is 42.1 Å². The molecule has 1 aromatic heterocycles. The van der Waals surface area contributed by atoms with Crippen LogP contribution in [0.15, 0.2) is 30.3 Å². The number of anilines is 1. The fraction of sp³-hybridized carbons (Fsp3) is 0.357. The van der Waals surface area contributed by atoms with Crippen LogP contribution in [-0.4, -0.2) is 23.0 Å². The zero-order valence-electron chi connectivity index (χ0n) is 9.89. The molecule has 3 heteroatoms. The Morgan fingerprint density at radius 1 is 1.12 bits per heavy atom. The second-order valence-electron chi connectivity index (χ2n) is 4.74. The first-order valence-electron chi connectivity index (χ1n) is 6.19. The first-order valence-corrected chi connectivity index (χ1v) is 6.19. The zero-order valence-corrected chi connectivity index (χ0v) is 9.89. The maximum Gasteiger partial charge on any atom is 0.0707 e. The molecule has 0 amide bonds. The Hall–Kier alpha value is -1.61. The van der Waals surface area contributed by atoms with Gasteiger partial charge in [0, 0.05) is 17.6 Å². The Morgan fingerprint density at radius 3 is 2.76 bits per heavy atom. The van der Waals surface area contributed by atoms with E-state index >= 15 is 0 Å². The molecule has 1 aliphatic rings. The van der Waals surface area contributed by atoms with E-state index < -0.39 is 0 Å². The summed E-state index contributed by atoms with van der Waals surface area (Å²) in [7, 11) is 0. The quantitative estimate of drug-likeness (QED) is 0.801. The highest BCUT2D eigenvalue weighted by atomic mass is 15.1. The molecule has 1 saturated heterocycles. The number of fused-ring (bicyclic) bond motifs is 1. The van der Waals surface area contributed by atoms with Crippen LogP contribution in [0.3, 0.4) is 0 Å². The van der Waals surface area contributed by atoms with Gasteiger partial charge in [0.1, 0.15) is 0 Å². The number of nitrogens with two attached hydrogens (primary N) is 1. The Morgan fingerprint density at radius 2 is 1.94 bits per heavy atom. The highest BCUT2D eigenvalue weighted by Crippen LogP contribution is 2.18. The molecule has 1 aromatic carbocycles. The molecular formula is C14H17N3. The van der Waals surface area contributed by atoms with Crippen LogP contribution in [0.25, 0.3) is 10.9 Å². The smallest absolute Gasteiger partial charge is 0.0707 e. The summed E-state index contributed by atoms with van der Waals surface area (Å²) in [5.41, 5.74) is 8.75. The number of hydrogen-bond donors (Lipinski definition) is 1. The van der Waals surface area contributed by atoms with Crippen molar-refractivity contribution in [1.82, 2.24) is 9.88 Å². The predicted octanol–water partition coefficient (Wildman–Crippen LogP) is 2.41. The average molecular weight is 227 g/mol. The van der Waals surface area contributed by atoms with E-state index in [1.165, 1.54) is 25.9 Å². The number of rotatable bonds is 2. The van der Waals surface area contributed by atoms with Crippen molar-refractivity contribution in [3.63, 3.8) is 0 Å². The van der Waals surface area contributed by atoms with Gasteiger partial charge in [-0.25, -0.2) is 0 Å². The minimum absolute atomic E-state index is 0.798. The largest absolute Gasteiger partial charge is 0.399 e. The first-order chi connectivity index (χ1) is 8.31. The van der Waals surface area contributed by atoms with Gasteiger partial charge in [0.15, 0.2) is 0 Å². The standard InChI is InChI=1S/C14H17N3/c15-12-4-6-14-11(9-12)3-5-13(16-14)10-17-7-1-2-8-17/h3-6,9H,1-2,7-8,10,15H2. The lowest BCUT2D eigenvalue weighted by atomic mass is 10.2. The summed E-state index contributed by atoms with van der Waals surface area (Å²) < 4.78 is 0. The van der Waals surface area contributed by atoms with Gasteiger partial charge in [0.2, 0.25) is 0 Å². The first kappa shape index (κ1) is 10.5. The van der Waals surface area contributed by atoms with Gasteiger partial charge in [0.25, 0.3) is 0 Å². The third-order valence-electron chi connectivity index (χ3n) is 3.36. The van der Waals surface area contributed by atoms with Crippen LogP contribution in [0.5, 0.6) is 0 Å². The Kier molecular flexibility index (Phi) is 2.69. The van der Waals surface area contributed by atoms with Crippen LogP contribution in [0.2, 0.25) is 0 Å². The summed E-state index contributed by atoms with van der Waals surface area (Å²) in [6.07, 6.45) is 2.65. The number of nitrogens with zero attached hydrogens (tertiary/aromatic N) is 2. The van der Waals surface area contributed by atoms with Gasteiger partial charge in [0.05, 0.1) is 11.2 Å². The highest BCUT2D eigenvalue weighted by molar-refractivity contribution is 5.81. The van der Waals surface area contributed by atoms with Crippen LogP contribution in [0.1, 0.15) is 18.5 Å². The van der Waals surface area contributed by atoms with Gasteiger partial charge in [-0.1, -0.05) is 6.07 Å². The molecule has 17 heavy (non-hydrogen) atoms. The van der Waals surface area contributed by atoms with Crippen molar-refractivity contribution < 1.29 is 0 Å². The maximum absolute atomic E-state index is 5.76. The monoisotopic (exact) mass is 227 g/mol. The van der Waals surface area contributed by atoms with Gasteiger partial charge < -0.3 is 5.73 Å². The minimum Gasteiger partial charge on any atom is -0.399 e. The molecule has 2 N–H and O–H groups in total. The summed E-state index contributed by atoms with van der Waals surface area (Å²) in [6.45, 7) is 3.39. The van der Waals surface area contributed by atoms with Gasteiger partial charge in [-0.2, -0.15) is 0 Å². The van der Waals surface area contributed by atoms with Crippen molar-refractivity contribution in [2.75, 3.05) is 18.8 Å². The molecule has 0 atom stereocenters. The molecule has 0 saturated carbocycles. The summed E-state index contributed by atoms with van der Waals surface area (Å²) >= 11 is 0. The van der Waals surface area contributed by atoms with Crippen LogP contribution in [0, 0.1) is 0 Å². The maximum atomic E-state index is 5.76. The van der Waals surface area contributed by atoms with Gasteiger partial charge in [-0.15, -0.1) is 0 Å². The zero-order chi connectivity index (χ0) is 11.7. The number of aromatic nitrogens is 1. The molecule has 0 radical (unpaired) electrons. The SMILES string of the molecule is Nc1ccc2nc(CN3CCCC3)ccc2c1. The summed E-state index contributed by atoms with van der Waals surface area (Å²) in [6, 6.07) is 10.1. The van der Waals surface area contributed by atoms with Crippen molar-refractivity contribution in [3.8, 4) is 0 Å². The molecule has 2 heterocycles. The van der Waals surface area contributed by atoms with Gasteiger partial charge in [-0.05, 0) is 50.2 Å². The molecule has 0 spiro atoms. The molecule has 1 fully saturated rings. The van der Waals surface area contributed by atoms with Crippen molar-refractivity contribution >= 4 is 16.6 Å². The summed E-state index contributed by atoms with van der Waals surface area (Å²) in [5, 5.41) is 1.12. The Bertz CT molecular complexity index is 530. The molecule has 0 aliphatic carbocycles. The van der Waals surface area contributed by atoms with E-state index in [0.29, 0.717) is 0 Å². The third-order valence-corrected chi connectivity index (χ3v) is 3.36. The average Bonchev–Trinajstić information content (AvgIpc) is 2.82. The van der Waals surface area contributed by atoms with E-state index in [1.807, 2.05) is 18.2 Å². The second kappa shape index (κ2) is 4.34. The van der Waals surface area contributed by atoms with E-state index in [9.17, 15) is 0 Å². The molecule has 3 rings (SSSR count). The van der Waals surface area contributed by atoms with E-state index in [-0.39, 0.29) is 0 Å². The summed E-state index contributed by atoms with van der Waals surface area (Å²) in [5.74, 6) is 0. The fourth-order valence-corrected chi connectivity index (χ4v) is 2.44. The highest BCUT2D eigenvalue weighted by Gasteiger charge is 2.12. The molecule has 1 aliphatic heterocycles. The predicted molar refractivity (Wildman–Crippen MR) is 70.7 cm³/mol. The van der Waals surface area contributed by atoms with Crippen molar-refractivity contribution in [2.45, 2.75) is 19.4 Å². The minimum atomic E-state index is 0.798. The number of benzene rings is 1. The number of likely N-dealkylation sites (tertiary alicyclic amines) is 1. The Labute approximate surface area is 101 Å². The van der Waals surface area contributed by atoms with Gasteiger partial charge in [-0.3, -0.25) is 9.88 Å². The summed E-state index contributed by atoms with van der Waals surface area (Å²) in [4.78, 5) is 7.15. The van der Waals surface area contributed by atoms with E-state index in [2.05, 4.69) is 22.0 Å². The van der Waals surface area contributed by atoms with E-state index in [4.69, 9.17) is 5.73 Å². The fourth-order valence-electron chi connectivity index (χ4n) is 2.44. The molecule has 0 unspecified atom stereocenters. The van der Waals surface area contributed by atoms with Crippen molar-refractivity contribution in [1.29, 1.82) is 0 Å². The van der Waals surface area contributed by atoms with Gasteiger partial charge >= 0.3 is 0 Å². The number of nitrogen functional groups attached to an aromatic ring is 1. The molecular weight excluding hydrogens is 210 g/mol. The van der Waals surface area contributed by atoms with Crippen LogP contribution < -0.4 is 5.73 Å². The number of pyridine rings is 1. The lowest BCUT2D eigenvalue weighted by molar-refractivity contribution is 0.327. The number of hydrogen-bond acceptors (Lipinski definition) is 3. The van der Waals surface area contributed by atoms with Crippen molar-refractivity contribution in [2.24, 2.45) is 0 Å². The lowest BCUT2D eigenvalue weighted by Gasteiger charge is -2.14. The molecule has 0 bridgehead atoms. The van der Waals surface area contributed by atoms with Crippen molar-refractivity contribution in [3.05, 3.63) is 36.0 Å². The lowest BCUT2D eigenvalue weighted by Crippen LogP contribution is -2.19. The Balaban J connectivity index is 1.88. The third kappa shape index (κ3) is 2.24.